The summed E-state index contributed by atoms with van der Waals surface area (Å²) in [6.45, 7) is 1.53. The van der Waals surface area contributed by atoms with Gasteiger partial charge >= 0.3 is 12.2 Å². The molecule has 23 heavy (non-hydrogen) atoms. The number of rotatable bonds is 2. The van der Waals surface area contributed by atoms with Gasteiger partial charge in [-0.2, -0.15) is 13.2 Å². The second-order valence-corrected chi connectivity index (χ2v) is 5.72. The van der Waals surface area contributed by atoms with E-state index in [-0.39, 0.29) is 29.0 Å². The molecule has 1 aromatic rings. The molecule has 1 atom stereocenters. The van der Waals surface area contributed by atoms with Crippen molar-refractivity contribution in [2.24, 2.45) is 11.7 Å². The van der Waals surface area contributed by atoms with E-state index in [0.29, 0.717) is 19.6 Å². The van der Waals surface area contributed by atoms with Gasteiger partial charge in [-0.15, -0.1) is 12.4 Å². The van der Waals surface area contributed by atoms with Gasteiger partial charge in [-0.3, -0.25) is 0 Å². The van der Waals surface area contributed by atoms with Crippen LogP contribution in [0.15, 0.2) is 18.2 Å². The SMILES string of the molecule is Cl.NC[C@H]1CCCN(C(=O)Nc2cc(C(F)(F)F)ccc2Cl)C1. The molecule has 0 radical (unpaired) electrons. The van der Waals surface area contributed by atoms with Gasteiger partial charge in [0.1, 0.15) is 0 Å². The minimum atomic E-state index is -4.49. The van der Waals surface area contributed by atoms with Gasteiger partial charge in [0.2, 0.25) is 0 Å². The molecule has 1 fully saturated rings. The molecule has 130 valence electrons. The van der Waals surface area contributed by atoms with Crippen LogP contribution in [-0.4, -0.2) is 30.6 Å². The molecule has 0 aliphatic carbocycles. The van der Waals surface area contributed by atoms with Crippen molar-refractivity contribution in [1.29, 1.82) is 0 Å². The number of nitrogens with two attached hydrogens (primary N) is 1. The van der Waals surface area contributed by atoms with E-state index in [9.17, 15) is 18.0 Å². The number of nitrogens with one attached hydrogen (secondary N) is 1. The molecule has 1 aliphatic heterocycles. The summed E-state index contributed by atoms with van der Waals surface area (Å²) in [4.78, 5) is 13.7. The predicted octanol–water partition coefficient (Wildman–Crippen LogP) is 3.98. The van der Waals surface area contributed by atoms with Gasteiger partial charge in [0.05, 0.1) is 16.3 Å². The lowest BCUT2D eigenvalue weighted by Crippen LogP contribution is -2.44. The van der Waals surface area contributed by atoms with Crippen LogP contribution in [0.2, 0.25) is 5.02 Å². The van der Waals surface area contributed by atoms with Crippen molar-refractivity contribution in [1.82, 2.24) is 4.90 Å². The Balaban J connectivity index is 0.00000264. The first-order valence-electron chi connectivity index (χ1n) is 6.94. The van der Waals surface area contributed by atoms with Crippen LogP contribution in [0, 0.1) is 5.92 Å². The molecule has 0 spiro atoms. The van der Waals surface area contributed by atoms with E-state index in [2.05, 4.69) is 5.32 Å². The molecule has 4 nitrogen and oxygen atoms in total. The standard InChI is InChI=1S/C14H17ClF3N3O.ClH/c15-11-4-3-10(14(16,17)18)6-12(11)20-13(22)21-5-1-2-9(7-19)8-21;/h3-4,6,9H,1-2,5,7-8,19H2,(H,20,22);1H/t9-;/m1./s1. The fourth-order valence-corrected chi connectivity index (χ4v) is 2.60. The van der Waals surface area contributed by atoms with Gasteiger partial charge in [0.15, 0.2) is 0 Å². The van der Waals surface area contributed by atoms with E-state index < -0.39 is 17.8 Å². The van der Waals surface area contributed by atoms with E-state index in [1.807, 2.05) is 0 Å². The zero-order valence-corrected chi connectivity index (χ0v) is 13.8. The van der Waals surface area contributed by atoms with Gasteiger partial charge in [-0.1, -0.05) is 11.6 Å². The van der Waals surface area contributed by atoms with Crippen LogP contribution < -0.4 is 11.1 Å². The third kappa shape index (κ3) is 5.16. The Morgan fingerprint density at radius 2 is 2.13 bits per heavy atom. The maximum Gasteiger partial charge on any atom is 0.416 e. The highest BCUT2D eigenvalue weighted by Gasteiger charge is 2.31. The summed E-state index contributed by atoms with van der Waals surface area (Å²) in [7, 11) is 0. The van der Waals surface area contributed by atoms with Crippen molar-refractivity contribution in [3.63, 3.8) is 0 Å². The number of benzene rings is 1. The van der Waals surface area contributed by atoms with Crippen LogP contribution in [0.3, 0.4) is 0 Å². The predicted molar refractivity (Wildman–Crippen MR) is 86.1 cm³/mol. The minimum absolute atomic E-state index is 0. The number of hydrogen-bond donors (Lipinski definition) is 2. The molecular weight excluding hydrogens is 354 g/mol. The number of halogens is 5. The molecule has 9 heteroatoms. The van der Waals surface area contributed by atoms with Gasteiger partial charge < -0.3 is 16.0 Å². The lowest BCUT2D eigenvalue weighted by Gasteiger charge is -2.32. The normalized spacial score (nSPS) is 18.3. The number of piperidine rings is 1. The van der Waals surface area contributed by atoms with Gasteiger partial charge in [0.25, 0.3) is 0 Å². The molecule has 1 aromatic carbocycles. The fraction of sp³-hybridized carbons (Fsp3) is 0.500. The molecule has 3 N–H and O–H groups in total. The lowest BCUT2D eigenvalue weighted by molar-refractivity contribution is -0.137. The number of anilines is 1. The van der Waals surface area contributed by atoms with Crippen LogP contribution in [0.5, 0.6) is 0 Å². The number of hydrogen-bond acceptors (Lipinski definition) is 2. The Labute approximate surface area is 143 Å². The first-order chi connectivity index (χ1) is 10.3. The molecule has 1 heterocycles. The first-order valence-corrected chi connectivity index (χ1v) is 7.32. The molecule has 1 saturated heterocycles. The highest BCUT2D eigenvalue weighted by Crippen LogP contribution is 2.34. The van der Waals surface area contributed by atoms with Gasteiger partial charge in [-0.05, 0) is 43.5 Å². The summed E-state index contributed by atoms with van der Waals surface area (Å²) in [5.41, 5.74) is 4.70. The monoisotopic (exact) mass is 371 g/mol. The third-order valence-electron chi connectivity index (χ3n) is 3.67. The molecule has 0 aromatic heterocycles. The Hall–Kier alpha value is -1.18. The number of likely N-dealkylation sites (tertiary alicyclic amines) is 1. The van der Waals surface area contributed by atoms with Crippen molar-refractivity contribution in [2.45, 2.75) is 19.0 Å². The van der Waals surface area contributed by atoms with Crippen LogP contribution in [0.4, 0.5) is 23.7 Å². The summed E-state index contributed by atoms with van der Waals surface area (Å²) in [5, 5.41) is 2.51. The zero-order chi connectivity index (χ0) is 16.3. The second kappa shape index (κ2) is 8.08. The van der Waals surface area contributed by atoms with Crippen LogP contribution in [-0.2, 0) is 6.18 Å². The third-order valence-corrected chi connectivity index (χ3v) is 4.00. The highest BCUT2D eigenvalue weighted by molar-refractivity contribution is 6.33. The number of urea groups is 1. The van der Waals surface area contributed by atoms with E-state index >= 15 is 0 Å². The summed E-state index contributed by atoms with van der Waals surface area (Å²) in [6.07, 6.45) is -2.71. The van der Waals surface area contributed by atoms with E-state index in [1.54, 1.807) is 4.90 Å². The molecule has 0 saturated carbocycles. The van der Waals surface area contributed by atoms with Crippen LogP contribution in [0.1, 0.15) is 18.4 Å². The largest absolute Gasteiger partial charge is 0.416 e. The Morgan fingerprint density at radius 3 is 2.74 bits per heavy atom. The number of nitrogens with zero attached hydrogens (tertiary/aromatic N) is 1. The summed E-state index contributed by atoms with van der Waals surface area (Å²) < 4.78 is 38.1. The second-order valence-electron chi connectivity index (χ2n) is 5.31. The number of carbonyl (C=O) groups excluding carboxylic acids is 1. The Bertz CT molecular complexity index is 555. The van der Waals surface area contributed by atoms with E-state index in [0.717, 1.165) is 31.0 Å². The highest BCUT2D eigenvalue weighted by atomic mass is 35.5. The summed E-state index contributed by atoms with van der Waals surface area (Å²) in [6, 6.07) is 2.38. The molecule has 2 rings (SSSR count). The quantitative estimate of drug-likeness (QED) is 0.825. The lowest BCUT2D eigenvalue weighted by atomic mass is 9.99. The van der Waals surface area contributed by atoms with Crippen molar-refractivity contribution in [3.8, 4) is 0 Å². The molecule has 0 bridgehead atoms. The minimum Gasteiger partial charge on any atom is -0.330 e. The first kappa shape index (κ1) is 19.9. The van der Waals surface area contributed by atoms with Crippen molar-refractivity contribution in [2.75, 3.05) is 25.0 Å². The van der Waals surface area contributed by atoms with E-state index in [1.165, 1.54) is 0 Å². The topological polar surface area (TPSA) is 58.4 Å². The molecule has 1 aliphatic rings. The summed E-state index contributed by atoms with van der Waals surface area (Å²) >= 11 is 5.86. The number of carbonyl (C=O) groups is 1. The molecule has 2 amide bonds. The number of alkyl halides is 3. The van der Waals surface area contributed by atoms with Gasteiger partial charge in [0, 0.05) is 13.1 Å². The summed E-state index contributed by atoms with van der Waals surface area (Å²) in [5.74, 6) is 0.219. The Kier molecular flexibility index (Phi) is 6.98. The van der Waals surface area contributed by atoms with Gasteiger partial charge in [-0.25, -0.2) is 4.79 Å². The van der Waals surface area contributed by atoms with Crippen molar-refractivity contribution in [3.05, 3.63) is 28.8 Å². The van der Waals surface area contributed by atoms with Crippen molar-refractivity contribution < 1.29 is 18.0 Å². The Morgan fingerprint density at radius 1 is 1.43 bits per heavy atom. The fourth-order valence-electron chi connectivity index (χ4n) is 2.43. The van der Waals surface area contributed by atoms with E-state index in [4.69, 9.17) is 17.3 Å². The van der Waals surface area contributed by atoms with Crippen molar-refractivity contribution >= 4 is 35.7 Å². The maximum absolute atomic E-state index is 12.7. The smallest absolute Gasteiger partial charge is 0.330 e. The molecule has 0 unspecified atom stereocenters. The van der Waals surface area contributed by atoms with Crippen LogP contribution in [0.25, 0.3) is 0 Å². The number of amides is 2. The average Bonchev–Trinajstić information content (AvgIpc) is 2.48. The molecular formula is C14H18Cl2F3N3O. The maximum atomic E-state index is 12.7. The zero-order valence-electron chi connectivity index (χ0n) is 12.2. The average molecular weight is 372 g/mol. The van der Waals surface area contributed by atoms with Crippen LogP contribution >= 0.6 is 24.0 Å².